The zero-order valence-corrected chi connectivity index (χ0v) is 14.6. The molecule has 0 spiro atoms. The van der Waals surface area contributed by atoms with Crippen LogP contribution in [-0.4, -0.2) is 48.1 Å². The molecule has 2 amide bonds. The number of carbonyl (C=O) groups excluding carboxylic acids is 1. The van der Waals surface area contributed by atoms with Gasteiger partial charge >= 0.3 is 6.03 Å². The van der Waals surface area contributed by atoms with Crippen molar-refractivity contribution in [1.82, 2.24) is 9.80 Å². The molecule has 126 valence electrons. The second-order valence-corrected chi connectivity index (χ2v) is 7.19. The Labute approximate surface area is 143 Å². The van der Waals surface area contributed by atoms with Crippen LogP contribution < -0.4 is 5.32 Å². The summed E-state index contributed by atoms with van der Waals surface area (Å²) in [6.45, 7) is 2.23. The van der Waals surface area contributed by atoms with Crippen molar-refractivity contribution in [3.63, 3.8) is 0 Å². The molecule has 2 aliphatic rings. The van der Waals surface area contributed by atoms with Crippen LogP contribution in [-0.2, 0) is 0 Å². The van der Waals surface area contributed by atoms with E-state index in [9.17, 15) is 4.79 Å². The fourth-order valence-corrected chi connectivity index (χ4v) is 4.04. The van der Waals surface area contributed by atoms with Crippen molar-refractivity contribution in [3.8, 4) is 0 Å². The average molecular weight is 336 g/mol. The van der Waals surface area contributed by atoms with Crippen LogP contribution in [0.2, 0.25) is 5.02 Å². The molecule has 1 aliphatic carbocycles. The highest BCUT2D eigenvalue weighted by Gasteiger charge is 2.30. The fourth-order valence-electron chi connectivity index (χ4n) is 3.85. The number of nitrogens with one attached hydrogen (secondary N) is 1. The topological polar surface area (TPSA) is 35.6 Å². The SMILES string of the molecule is CN(C(=O)Nc1cccc(Cl)c1)C1CCN(C2CCCC2)CC1. The minimum absolute atomic E-state index is 0.0495. The third-order valence-corrected chi connectivity index (χ3v) is 5.52. The highest BCUT2D eigenvalue weighted by Crippen LogP contribution is 2.27. The van der Waals surface area contributed by atoms with E-state index in [-0.39, 0.29) is 6.03 Å². The van der Waals surface area contributed by atoms with Crippen molar-refractivity contribution in [1.29, 1.82) is 0 Å². The van der Waals surface area contributed by atoms with Gasteiger partial charge in [0.1, 0.15) is 0 Å². The van der Waals surface area contributed by atoms with E-state index in [4.69, 9.17) is 11.6 Å². The van der Waals surface area contributed by atoms with E-state index in [1.54, 1.807) is 12.1 Å². The summed E-state index contributed by atoms with van der Waals surface area (Å²) in [6.07, 6.45) is 7.61. The number of benzene rings is 1. The molecule has 5 heteroatoms. The van der Waals surface area contributed by atoms with Crippen molar-refractivity contribution in [2.24, 2.45) is 0 Å². The Morgan fingerprint density at radius 2 is 1.91 bits per heavy atom. The second kappa shape index (κ2) is 7.54. The zero-order valence-electron chi connectivity index (χ0n) is 13.8. The van der Waals surface area contributed by atoms with Gasteiger partial charge in [-0.05, 0) is 43.9 Å². The van der Waals surface area contributed by atoms with Gasteiger partial charge in [-0.25, -0.2) is 4.79 Å². The third kappa shape index (κ3) is 4.18. The van der Waals surface area contributed by atoms with Gasteiger partial charge in [-0.15, -0.1) is 0 Å². The molecule has 1 saturated heterocycles. The summed E-state index contributed by atoms with van der Waals surface area (Å²) in [5.41, 5.74) is 0.748. The standard InChI is InChI=1S/C18H26ClN3O/c1-21(18(23)20-15-6-4-5-14(19)13-15)16-9-11-22(12-10-16)17-7-2-3-8-17/h4-6,13,16-17H,2-3,7-12H2,1H3,(H,20,23). The maximum absolute atomic E-state index is 12.4. The van der Waals surface area contributed by atoms with Gasteiger partial charge in [0.15, 0.2) is 0 Å². The molecule has 1 heterocycles. The van der Waals surface area contributed by atoms with Crippen LogP contribution in [0, 0.1) is 0 Å². The van der Waals surface area contributed by atoms with Crippen LogP contribution in [0.4, 0.5) is 10.5 Å². The molecule has 1 aromatic carbocycles. The fraction of sp³-hybridized carbons (Fsp3) is 0.611. The molecular formula is C18H26ClN3O. The molecule has 1 saturated carbocycles. The molecule has 0 atom stereocenters. The lowest BCUT2D eigenvalue weighted by molar-refractivity contribution is 0.111. The van der Waals surface area contributed by atoms with Crippen LogP contribution in [0.1, 0.15) is 38.5 Å². The first-order valence-electron chi connectivity index (χ1n) is 8.67. The lowest BCUT2D eigenvalue weighted by Gasteiger charge is -2.39. The first-order valence-corrected chi connectivity index (χ1v) is 9.05. The molecule has 1 aromatic rings. The molecule has 0 aromatic heterocycles. The first-order chi connectivity index (χ1) is 11.1. The summed E-state index contributed by atoms with van der Waals surface area (Å²) in [5.74, 6) is 0. The summed E-state index contributed by atoms with van der Waals surface area (Å²) in [4.78, 5) is 16.9. The molecule has 1 N–H and O–H groups in total. The van der Waals surface area contributed by atoms with Gasteiger partial charge in [-0.3, -0.25) is 0 Å². The molecule has 1 aliphatic heterocycles. The normalized spacial score (nSPS) is 20.6. The number of rotatable bonds is 3. The number of nitrogens with zero attached hydrogens (tertiary/aromatic N) is 2. The van der Waals surface area contributed by atoms with Gasteiger partial charge in [-0.2, -0.15) is 0 Å². The van der Waals surface area contributed by atoms with Crippen LogP contribution in [0.5, 0.6) is 0 Å². The molecule has 0 radical (unpaired) electrons. The smallest absolute Gasteiger partial charge is 0.321 e. The highest BCUT2D eigenvalue weighted by atomic mass is 35.5. The van der Waals surface area contributed by atoms with Gasteiger partial charge < -0.3 is 15.1 Å². The zero-order chi connectivity index (χ0) is 16.2. The van der Waals surface area contributed by atoms with Gasteiger partial charge in [0.2, 0.25) is 0 Å². The van der Waals surface area contributed by atoms with Crippen LogP contribution in [0.3, 0.4) is 0 Å². The minimum atomic E-state index is -0.0495. The lowest BCUT2D eigenvalue weighted by Crippen LogP contribution is -2.49. The third-order valence-electron chi connectivity index (χ3n) is 5.28. The van der Waals surface area contributed by atoms with Crippen LogP contribution in [0.15, 0.2) is 24.3 Å². The van der Waals surface area contributed by atoms with Crippen LogP contribution >= 0.6 is 11.6 Å². The molecular weight excluding hydrogens is 310 g/mol. The summed E-state index contributed by atoms with van der Waals surface area (Å²) in [7, 11) is 1.90. The van der Waals surface area contributed by atoms with Gasteiger partial charge in [-0.1, -0.05) is 30.5 Å². The van der Waals surface area contributed by atoms with Crippen molar-refractivity contribution in [3.05, 3.63) is 29.3 Å². The number of urea groups is 1. The van der Waals surface area contributed by atoms with Gasteiger partial charge in [0.25, 0.3) is 0 Å². The maximum atomic E-state index is 12.4. The van der Waals surface area contributed by atoms with E-state index in [1.165, 1.54) is 25.7 Å². The Hall–Kier alpha value is -1.26. The van der Waals surface area contributed by atoms with Crippen molar-refractivity contribution >= 4 is 23.3 Å². The summed E-state index contributed by atoms with van der Waals surface area (Å²) >= 11 is 5.96. The van der Waals surface area contributed by atoms with Gasteiger partial charge in [0, 0.05) is 42.9 Å². The minimum Gasteiger partial charge on any atom is -0.325 e. The molecule has 0 bridgehead atoms. The number of likely N-dealkylation sites (tertiary alicyclic amines) is 1. The van der Waals surface area contributed by atoms with Gasteiger partial charge in [0.05, 0.1) is 0 Å². The number of amides is 2. The number of carbonyl (C=O) groups is 1. The van der Waals surface area contributed by atoms with E-state index in [0.29, 0.717) is 11.1 Å². The maximum Gasteiger partial charge on any atom is 0.321 e. The van der Waals surface area contributed by atoms with E-state index < -0.39 is 0 Å². The monoisotopic (exact) mass is 335 g/mol. The van der Waals surface area contributed by atoms with Crippen LogP contribution in [0.25, 0.3) is 0 Å². The molecule has 23 heavy (non-hydrogen) atoms. The molecule has 2 fully saturated rings. The largest absolute Gasteiger partial charge is 0.325 e. The molecule has 0 unspecified atom stereocenters. The Bertz CT molecular complexity index is 537. The Balaban J connectivity index is 1.50. The number of hydrogen-bond donors (Lipinski definition) is 1. The summed E-state index contributed by atoms with van der Waals surface area (Å²) < 4.78 is 0. The Kier molecular flexibility index (Phi) is 5.44. The Morgan fingerprint density at radius 1 is 1.22 bits per heavy atom. The molecule has 4 nitrogen and oxygen atoms in total. The highest BCUT2D eigenvalue weighted by molar-refractivity contribution is 6.30. The van der Waals surface area contributed by atoms with E-state index in [1.807, 2.05) is 24.1 Å². The van der Waals surface area contributed by atoms with Crippen molar-refractivity contribution in [2.75, 3.05) is 25.5 Å². The number of hydrogen-bond acceptors (Lipinski definition) is 2. The van der Waals surface area contributed by atoms with Crippen molar-refractivity contribution in [2.45, 2.75) is 50.6 Å². The first kappa shape index (κ1) is 16.6. The number of halogens is 1. The van der Waals surface area contributed by atoms with E-state index in [0.717, 1.165) is 37.7 Å². The van der Waals surface area contributed by atoms with E-state index in [2.05, 4.69) is 10.2 Å². The van der Waals surface area contributed by atoms with E-state index >= 15 is 0 Å². The lowest BCUT2D eigenvalue weighted by atomic mass is 10.0. The second-order valence-electron chi connectivity index (χ2n) is 6.76. The molecule has 3 rings (SSSR count). The average Bonchev–Trinajstić information content (AvgIpc) is 3.09. The number of piperidine rings is 1. The predicted octanol–water partition coefficient (Wildman–Crippen LogP) is 4.21. The quantitative estimate of drug-likeness (QED) is 0.898. The summed E-state index contributed by atoms with van der Waals surface area (Å²) in [6, 6.07) is 8.36. The summed E-state index contributed by atoms with van der Waals surface area (Å²) in [5, 5.41) is 3.57. The number of anilines is 1. The van der Waals surface area contributed by atoms with Crippen molar-refractivity contribution < 1.29 is 4.79 Å². The Morgan fingerprint density at radius 3 is 2.57 bits per heavy atom. The predicted molar refractivity (Wildman–Crippen MR) is 95.1 cm³/mol.